The minimum atomic E-state index is 0.443. The molecule has 0 bridgehead atoms. The third kappa shape index (κ3) is 2.08. The van der Waals surface area contributed by atoms with Gasteiger partial charge in [0.2, 0.25) is 0 Å². The number of hydrogen-bond acceptors (Lipinski definition) is 3. The summed E-state index contributed by atoms with van der Waals surface area (Å²) in [5.41, 5.74) is 7.80. The molecule has 2 N–H and O–H groups in total. The van der Waals surface area contributed by atoms with E-state index in [1.807, 2.05) is 11.6 Å². The van der Waals surface area contributed by atoms with Crippen molar-refractivity contribution in [3.05, 3.63) is 5.69 Å². The Morgan fingerprint density at radius 3 is 2.40 bits per heavy atom. The van der Waals surface area contributed by atoms with Crippen LogP contribution in [0.2, 0.25) is 0 Å². The molecule has 0 atom stereocenters. The standard InChI is InChI=1S/C11H22N4/c1-6-14(8(3)4)11-10(12)9(5)13-15(11)7-2/h8H,6-7,12H2,1-5H3. The molecule has 1 aromatic heterocycles. The molecule has 0 spiro atoms. The molecule has 0 aromatic carbocycles. The first-order valence-corrected chi connectivity index (χ1v) is 5.62. The van der Waals surface area contributed by atoms with Crippen molar-refractivity contribution in [2.75, 3.05) is 17.2 Å². The molecule has 0 aliphatic heterocycles. The van der Waals surface area contributed by atoms with E-state index in [0.717, 1.165) is 30.3 Å². The largest absolute Gasteiger partial charge is 0.394 e. The van der Waals surface area contributed by atoms with Gasteiger partial charge in [-0.3, -0.25) is 0 Å². The topological polar surface area (TPSA) is 47.1 Å². The van der Waals surface area contributed by atoms with Crippen molar-refractivity contribution in [1.82, 2.24) is 9.78 Å². The lowest BCUT2D eigenvalue weighted by Crippen LogP contribution is -2.33. The molecule has 0 radical (unpaired) electrons. The SMILES string of the molecule is CCN(c1c(N)c(C)nn1CC)C(C)C. The number of hydrogen-bond donors (Lipinski definition) is 1. The summed E-state index contributed by atoms with van der Waals surface area (Å²) in [7, 11) is 0. The molecule has 0 amide bonds. The van der Waals surface area contributed by atoms with Gasteiger partial charge in [0.1, 0.15) is 0 Å². The number of nitrogen functional groups attached to an aromatic ring is 1. The molecule has 15 heavy (non-hydrogen) atoms. The van der Waals surface area contributed by atoms with Crippen molar-refractivity contribution in [3.63, 3.8) is 0 Å². The minimum Gasteiger partial charge on any atom is -0.394 e. The first-order valence-electron chi connectivity index (χ1n) is 5.62. The van der Waals surface area contributed by atoms with Crippen LogP contribution in [0.4, 0.5) is 11.5 Å². The van der Waals surface area contributed by atoms with Gasteiger partial charge in [-0.15, -0.1) is 0 Å². The van der Waals surface area contributed by atoms with Crippen LogP contribution in [0.25, 0.3) is 0 Å². The summed E-state index contributed by atoms with van der Waals surface area (Å²) >= 11 is 0. The number of rotatable bonds is 4. The zero-order valence-electron chi connectivity index (χ0n) is 10.4. The molecule has 0 saturated carbocycles. The molecule has 0 fully saturated rings. The zero-order chi connectivity index (χ0) is 11.6. The highest BCUT2D eigenvalue weighted by Gasteiger charge is 2.18. The molecule has 0 aliphatic carbocycles. The normalized spacial score (nSPS) is 11.1. The molecule has 1 aromatic rings. The van der Waals surface area contributed by atoms with Crippen LogP contribution in [0.5, 0.6) is 0 Å². The van der Waals surface area contributed by atoms with Crippen molar-refractivity contribution >= 4 is 11.5 Å². The van der Waals surface area contributed by atoms with Gasteiger partial charge in [0.15, 0.2) is 5.82 Å². The lowest BCUT2D eigenvalue weighted by molar-refractivity contribution is 0.606. The Hall–Kier alpha value is -1.19. The van der Waals surface area contributed by atoms with Crippen LogP contribution in [0.3, 0.4) is 0 Å². The van der Waals surface area contributed by atoms with E-state index < -0.39 is 0 Å². The molecule has 0 saturated heterocycles. The van der Waals surface area contributed by atoms with E-state index in [1.54, 1.807) is 0 Å². The summed E-state index contributed by atoms with van der Waals surface area (Å²) in [5.74, 6) is 1.06. The van der Waals surface area contributed by atoms with Gasteiger partial charge in [-0.2, -0.15) is 5.10 Å². The van der Waals surface area contributed by atoms with Gasteiger partial charge in [0.05, 0.1) is 11.4 Å². The summed E-state index contributed by atoms with van der Waals surface area (Å²) in [6, 6.07) is 0.443. The second kappa shape index (κ2) is 4.55. The van der Waals surface area contributed by atoms with Crippen LogP contribution in [-0.4, -0.2) is 22.4 Å². The van der Waals surface area contributed by atoms with E-state index in [4.69, 9.17) is 5.73 Å². The number of nitrogens with two attached hydrogens (primary N) is 1. The molecule has 0 aliphatic rings. The highest BCUT2D eigenvalue weighted by Crippen LogP contribution is 2.27. The highest BCUT2D eigenvalue weighted by molar-refractivity contribution is 5.66. The minimum absolute atomic E-state index is 0.443. The van der Waals surface area contributed by atoms with Gasteiger partial charge in [-0.05, 0) is 34.6 Å². The Morgan fingerprint density at radius 1 is 1.40 bits per heavy atom. The maximum absolute atomic E-state index is 6.07. The molecule has 1 heterocycles. The van der Waals surface area contributed by atoms with Crippen LogP contribution in [0, 0.1) is 6.92 Å². The predicted octanol–water partition coefficient (Wildman–Crippen LogP) is 2.03. The second-order valence-corrected chi connectivity index (χ2v) is 4.02. The quantitative estimate of drug-likeness (QED) is 0.827. The van der Waals surface area contributed by atoms with Crippen LogP contribution in [0.1, 0.15) is 33.4 Å². The van der Waals surface area contributed by atoms with Crippen LogP contribution in [-0.2, 0) is 6.54 Å². The Morgan fingerprint density at radius 2 is 2.00 bits per heavy atom. The van der Waals surface area contributed by atoms with Gasteiger partial charge < -0.3 is 10.6 Å². The molecule has 4 heteroatoms. The molecule has 86 valence electrons. The van der Waals surface area contributed by atoms with E-state index in [1.165, 1.54) is 0 Å². The summed E-state index contributed by atoms with van der Waals surface area (Å²) in [6.45, 7) is 12.3. The smallest absolute Gasteiger partial charge is 0.150 e. The lowest BCUT2D eigenvalue weighted by atomic mass is 10.3. The molecule has 1 rings (SSSR count). The van der Waals surface area contributed by atoms with E-state index in [2.05, 4.69) is 37.7 Å². The maximum Gasteiger partial charge on any atom is 0.150 e. The fourth-order valence-electron chi connectivity index (χ4n) is 1.87. The third-order valence-electron chi connectivity index (χ3n) is 2.68. The Kier molecular flexibility index (Phi) is 3.61. The van der Waals surface area contributed by atoms with Crippen molar-refractivity contribution < 1.29 is 0 Å². The predicted molar refractivity (Wildman–Crippen MR) is 65.2 cm³/mol. The number of anilines is 2. The van der Waals surface area contributed by atoms with Crippen LogP contribution in [0.15, 0.2) is 0 Å². The first-order chi connectivity index (χ1) is 7.02. The van der Waals surface area contributed by atoms with Crippen LogP contribution >= 0.6 is 0 Å². The lowest BCUT2D eigenvalue weighted by Gasteiger charge is -2.28. The number of aromatic nitrogens is 2. The van der Waals surface area contributed by atoms with Gasteiger partial charge in [-0.1, -0.05) is 0 Å². The van der Waals surface area contributed by atoms with Crippen molar-refractivity contribution in [2.24, 2.45) is 0 Å². The maximum atomic E-state index is 6.07. The summed E-state index contributed by atoms with van der Waals surface area (Å²) in [5, 5.41) is 4.43. The third-order valence-corrected chi connectivity index (χ3v) is 2.68. The van der Waals surface area contributed by atoms with E-state index in [0.29, 0.717) is 6.04 Å². The molecule has 4 nitrogen and oxygen atoms in total. The first kappa shape index (κ1) is 11.9. The fraction of sp³-hybridized carbons (Fsp3) is 0.727. The Balaban J connectivity index is 3.20. The van der Waals surface area contributed by atoms with E-state index in [-0.39, 0.29) is 0 Å². The highest BCUT2D eigenvalue weighted by atomic mass is 15.4. The summed E-state index contributed by atoms with van der Waals surface area (Å²) in [4.78, 5) is 2.28. The summed E-state index contributed by atoms with van der Waals surface area (Å²) in [6.07, 6.45) is 0. The molecule has 0 unspecified atom stereocenters. The monoisotopic (exact) mass is 210 g/mol. The average Bonchev–Trinajstić information content (AvgIpc) is 2.46. The Bertz CT molecular complexity index is 328. The average molecular weight is 210 g/mol. The van der Waals surface area contributed by atoms with Crippen molar-refractivity contribution in [3.8, 4) is 0 Å². The van der Waals surface area contributed by atoms with Crippen molar-refractivity contribution in [2.45, 2.75) is 47.2 Å². The van der Waals surface area contributed by atoms with Gasteiger partial charge in [0.25, 0.3) is 0 Å². The van der Waals surface area contributed by atoms with E-state index in [9.17, 15) is 0 Å². The Labute approximate surface area is 92.1 Å². The van der Waals surface area contributed by atoms with Gasteiger partial charge >= 0.3 is 0 Å². The molecular formula is C11H22N4. The van der Waals surface area contributed by atoms with Gasteiger partial charge in [0, 0.05) is 19.1 Å². The van der Waals surface area contributed by atoms with E-state index >= 15 is 0 Å². The fourth-order valence-corrected chi connectivity index (χ4v) is 1.87. The zero-order valence-corrected chi connectivity index (χ0v) is 10.4. The van der Waals surface area contributed by atoms with Crippen LogP contribution < -0.4 is 10.6 Å². The summed E-state index contributed by atoms with van der Waals surface area (Å²) < 4.78 is 1.98. The number of nitrogens with zero attached hydrogens (tertiary/aromatic N) is 3. The van der Waals surface area contributed by atoms with Crippen molar-refractivity contribution in [1.29, 1.82) is 0 Å². The van der Waals surface area contributed by atoms with Gasteiger partial charge in [-0.25, -0.2) is 4.68 Å². The molecular weight excluding hydrogens is 188 g/mol. The second-order valence-electron chi connectivity index (χ2n) is 4.02. The number of aryl methyl sites for hydroxylation is 2.